The third-order valence-electron chi connectivity index (χ3n) is 4.57. The van der Waals surface area contributed by atoms with Crippen LogP contribution in [-0.4, -0.2) is 18.0 Å². The molecule has 2 fully saturated rings. The highest BCUT2D eigenvalue weighted by atomic mass is 35.5. The molecule has 2 heterocycles. The fourth-order valence-corrected chi connectivity index (χ4v) is 3.98. The van der Waals surface area contributed by atoms with E-state index in [9.17, 15) is 4.79 Å². The molecule has 1 aromatic carbocycles. The number of benzene rings is 1. The SMILES string of the molecule is Cc1cc(Cl)c(NC(=O)CC2CC3CCC(C2)N3)cc1Cl. The summed E-state index contributed by atoms with van der Waals surface area (Å²) in [6.45, 7) is 1.89. The topological polar surface area (TPSA) is 41.1 Å². The molecule has 0 aromatic heterocycles. The van der Waals surface area contributed by atoms with Crippen LogP contribution >= 0.6 is 23.2 Å². The number of fused-ring (bicyclic) bond motifs is 2. The molecule has 2 N–H and O–H groups in total. The van der Waals surface area contributed by atoms with E-state index in [1.807, 2.05) is 6.92 Å². The number of aryl methyl sites for hydroxylation is 1. The van der Waals surface area contributed by atoms with Gasteiger partial charge in [-0.25, -0.2) is 0 Å². The predicted molar refractivity (Wildman–Crippen MR) is 87.1 cm³/mol. The maximum absolute atomic E-state index is 12.2. The Morgan fingerprint density at radius 1 is 1.24 bits per heavy atom. The summed E-state index contributed by atoms with van der Waals surface area (Å²) in [6.07, 6.45) is 5.28. The Labute approximate surface area is 135 Å². The van der Waals surface area contributed by atoms with Gasteiger partial charge in [0.25, 0.3) is 0 Å². The van der Waals surface area contributed by atoms with Crippen LogP contribution in [0.3, 0.4) is 0 Å². The summed E-state index contributed by atoms with van der Waals surface area (Å²) in [5.74, 6) is 0.506. The van der Waals surface area contributed by atoms with Crippen LogP contribution in [0.15, 0.2) is 12.1 Å². The molecule has 5 heteroatoms. The molecule has 0 spiro atoms. The minimum atomic E-state index is 0.0307. The second-order valence-corrected chi connectivity index (χ2v) is 7.12. The fourth-order valence-electron chi connectivity index (χ4n) is 3.55. The molecule has 3 nitrogen and oxygen atoms in total. The summed E-state index contributed by atoms with van der Waals surface area (Å²) in [7, 11) is 0. The molecule has 0 saturated carbocycles. The first-order chi connectivity index (χ1) is 10.0. The van der Waals surface area contributed by atoms with Crippen molar-refractivity contribution in [3.05, 3.63) is 27.7 Å². The lowest BCUT2D eigenvalue weighted by molar-refractivity contribution is -0.117. The van der Waals surface area contributed by atoms with Crippen molar-refractivity contribution in [2.45, 2.75) is 51.1 Å². The molecule has 114 valence electrons. The molecule has 1 amide bonds. The Kier molecular flexibility index (Phi) is 4.43. The zero-order valence-corrected chi connectivity index (χ0v) is 13.6. The molecule has 3 rings (SSSR count). The van der Waals surface area contributed by atoms with Crippen molar-refractivity contribution in [2.75, 3.05) is 5.32 Å². The Balaban J connectivity index is 1.60. The summed E-state index contributed by atoms with van der Waals surface area (Å²) in [6, 6.07) is 4.73. The van der Waals surface area contributed by atoms with Gasteiger partial charge in [0, 0.05) is 23.5 Å². The van der Waals surface area contributed by atoms with Gasteiger partial charge >= 0.3 is 0 Å². The molecule has 2 aliphatic heterocycles. The van der Waals surface area contributed by atoms with Crippen molar-refractivity contribution in [3.63, 3.8) is 0 Å². The molecule has 21 heavy (non-hydrogen) atoms. The number of hydrogen-bond acceptors (Lipinski definition) is 2. The average molecular weight is 327 g/mol. The molecule has 2 bridgehead atoms. The number of piperidine rings is 1. The van der Waals surface area contributed by atoms with Crippen molar-refractivity contribution in [1.29, 1.82) is 0 Å². The number of carbonyl (C=O) groups is 1. The van der Waals surface area contributed by atoms with E-state index in [2.05, 4.69) is 10.6 Å². The van der Waals surface area contributed by atoms with Gasteiger partial charge in [-0.2, -0.15) is 0 Å². The third kappa shape index (κ3) is 3.53. The van der Waals surface area contributed by atoms with Crippen LogP contribution in [0.25, 0.3) is 0 Å². The minimum Gasteiger partial charge on any atom is -0.325 e. The van der Waals surface area contributed by atoms with Crippen molar-refractivity contribution in [3.8, 4) is 0 Å². The zero-order chi connectivity index (χ0) is 15.0. The molecule has 0 radical (unpaired) electrons. The lowest BCUT2D eigenvalue weighted by atomic mass is 9.89. The van der Waals surface area contributed by atoms with Gasteiger partial charge < -0.3 is 10.6 Å². The van der Waals surface area contributed by atoms with Gasteiger partial charge in [-0.05, 0) is 56.2 Å². The average Bonchev–Trinajstić information content (AvgIpc) is 2.75. The molecular weight excluding hydrogens is 307 g/mol. The van der Waals surface area contributed by atoms with Gasteiger partial charge in [-0.3, -0.25) is 4.79 Å². The maximum Gasteiger partial charge on any atom is 0.224 e. The van der Waals surface area contributed by atoms with Gasteiger partial charge in [0.15, 0.2) is 0 Å². The van der Waals surface area contributed by atoms with Gasteiger partial charge in [0.1, 0.15) is 0 Å². The summed E-state index contributed by atoms with van der Waals surface area (Å²) >= 11 is 12.3. The number of halogens is 2. The van der Waals surface area contributed by atoms with E-state index in [0.717, 1.165) is 18.4 Å². The number of carbonyl (C=O) groups excluding carboxylic acids is 1. The lowest BCUT2D eigenvalue weighted by Crippen LogP contribution is -2.39. The minimum absolute atomic E-state index is 0.0307. The quantitative estimate of drug-likeness (QED) is 0.875. The Morgan fingerprint density at radius 3 is 2.57 bits per heavy atom. The molecular formula is C16H20Cl2N2O. The molecule has 2 aliphatic rings. The van der Waals surface area contributed by atoms with Gasteiger partial charge in [0.05, 0.1) is 10.7 Å². The smallest absolute Gasteiger partial charge is 0.224 e. The highest BCUT2D eigenvalue weighted by Crippen LogP contribution is 2.33. The van der Waals surface area contributed by atoms with Crippen LogP contribution in [0.4, 0.5) is 5.69 Å². The lowest BCUT2D eigenvalue weighted by Gasteiger charge is -2.28. The Bertz CT molecular complexity index is 549. The number of nitrogens with one attached hydrogen (secondary N) is 2. The predicted octanol–water partition coefficient (Wildman–Crippen LogP) is 4.16. The van der Waals surface area contributed by atoms with Crippen molar-refractivity contribution in [2.24, 2.45) is 5.92 Å². The van der Waals surface area contributed by atoms with Crippen LogP contribution in [0, 0.1) is 12.8 Å². The van der Waals surface area contributed by atoms with Crippen LogP contribution in [0.2, 0.25) is 10.0 Å². The molecule has 1 aromatic rings. The Hall–Kier alpha value is -0.770. The Morgan fingerprint density at radius 2 is 1.90 bits per heavy atom. The summed E-state index contributed by atoms with van der Waals surface area (Å²) in [4.78, 5) is 12.2. The summed E-state index contributed by atoms with van der Waals surface area (Å²) < 4.78 is 0. The largest absolute Gasteiger partial charge is 0.325 e. The third-order valence-corrected chi connectivity index (χ3v) is 5.29. The summed E-state index contributed by atoms with van der Waals surface area (Å²) in [5, 5.41) is 7.65. The first-order valence-corrected chi connectivity index (χ1v) is 8.28. The maximum atomic E-state index is 12.2. The van der Waals surface area contributed by atoms with Crippen molar-refractivity contribution in [1.82, 2.24) is 5.32 Å². The van der Waals surface area contributed by atoms with Crippen LogP contribution in [0.5, 0.6) is 0 Å². The highest BCUT2D eigenvalue weighted by Gasteiger charge is 2.34. The van der Waals surface area contributed by atoms with Crippen LogP contribution < -0.4 is 10.6 Å². The van der Waals surface area contributed by atoms with E-state index in [0.29, 0.717) is 40.2 Å². The van der Waals surface area contributed by atoms with E-state index in [1.54, 1.807) is 12.1 Å². The van der Waals surface area contributed by atoms with Crippen LogP contribution in [0.1, 0.15) is 37.7 Å². The van der Waals surface area contributed by atoms with Gasteiger partial charge in [-0.1, -0.05) is 23.2 Å². The number of rotatable bonds is 3. The second-order valence-electron chi connectivity index (χ2n) is 6.31. The van der Waals surface area contributed by atoms with Crippen LogP contribution in [-0.2, 0) is 4.79 Å². The highest BCUT2D eigenvalue weighted by molar-refractivity contribution is 6.36. The summed E-state index contributed by atoms with van der Waals surface area (Å²) in [5.41, 5.74) is 1.52. The van der Waals surface area contributed by atoms with E-state index >= 15 is 0 Å². The van der Waals surface area contributed by atoms with E-state index in [-0.39, 0.29) is 5.91 Å². The normalized spacial score (nSPS) is 27.7. The van der Waals surface area contributed by atoms with Crippen molar-refractivity contribution >= 4 is 34.8 Å². The van der Waals surface area contributed by atoms with E-state index in [1.165, 1.54) is 12.8 Å². The molecule has 2 atom stereocenters. The molecule has 2 saturated heterocycles. The first kappa shape index (κ1) is 15.1. The number of amides is 1. The fraction of sp³-hybridized carbons (Fsp3) is 0.562. The zero-order valence-electron chi connectivity index (χ0n) is 12.1. The van der Waals surface area contributed by atoms with E-state index < -0.39 is 0 Å². The van der Waals surface area contributed by atoms with E-state index in [4.69, 9.17) is 23.2 Å². The second kappa shape index (κ2) is 6.15. The van der Waals surface area contributed by atoms with Gasteiger partial charge in [0.2, 0.25) is 5.91 Å². The van der Waals surface area contributed by atoms with Crippen molar-refractivity contribution < 1.29 is 4.79 Å². The number of hydrogen-bond donors (Lipinski definition) is 2. The number of anilines is 1. The first-order valence-electron chi connectivity index (χ1n) is 7.53. The standard InChI is InChI=1S/C16H20Cl2N2O/c1-9-4-14(18)15(8-13(9)17)20-16(21)7-10-5-11-2-3-12(6-10)19-11/h4,8,10-12,19H,2-3,5-7H2,1H3,(H,20,21). The van der Waals surface area contributed by atoms with Gasteiger partial charge in [-0.15, -0.1) is 0 Å². The molecule has 0 aliphatic carbocycles. The monoisotopic (exact) mass is 326 g/mol. The molecule has 2 unspecified atom stereocenters.